The number of hydrogen-bond donors (Lipinski definition) is 1. The minimum Gasteiger partial charge on any atom is -0.385 e. The Hall–Kier alpha value is -1.88. The molecule has 0 aliphatic carbocycles. The lowest BCUT2D eigenvalue weighted by atomic mass is 9.96. The molecule has 1 saturated heterocycles. The van der Waals surface area contributed by atoms with E-state index < -0.39 is 0 Å². The van der Waals surface area contributed by atoms with Gasteiger partial charge in [0.2, 0.25) is 5.91 Å². The summed E-state index contributed by atoms with van der Waals surface area (Å²) in [6.45, 7) is 7.53. The Morgan fingerprint density at radius 3 is 2.61 bits per heavy atom. The molecule has 1 unspecified atom stereocenters. The molecule has 0 aromatic heterocycles. The molecule has 1 aromatic rings. The highest BCUT2D eigenvalue weighted by Crippen LogP contribution is 2.24. The molecule has 1 aromatic carbocycles. The van der Waals surface area contributed by atoms with E-state index in [9.17, 15) is 9.59 Å². The van der Waals surface area contributed by atoms with Gasteiger partial charge in [-0.2, -0.15) is 0 Å². The number of fused-ring (bicyclic) bond motifs is 1. The lowest BCUT2D eigenvalue weighted by molar-refractivity contribution is -0.130. The van der Waals surface area contributed by atoms with Crippen LogP contribution in [0.4, 0.5) is 5.69 Å². The van der Waals surface area contributed by atoms with Crippen LogP contribution < -0.4 is 5.32 Å². The van der Waals surface area contributed by atoms with Crippen molar-refractivity contribution in [3.8, 4) is 0 Å². The summed E-state index contributed by atoms with van der Waals surface area (Å²) in [6, 6.07) is 5.87. The van der Waals surface area contributed by atoms with Crippen LogP contribution in [0.5, 0.6) is 0 Å². The third-order valence-corrected chi connectivity index (χ3v) is 5.01. The highest BCUT2D eigenvalue weighted by molar-refractivity contribution is 6.00. The molecule has 3 rings (SSSR count). The number of aryl methyl sites for hydroxylation is 1. The predicted molar refractivity (Wildman–Crippen MR) is 90.9 cm³/mol. The predicted octanol–water partition coefficient (Wildman–Crippen LogP) is 1.78. The minimum absolute atomic E-state index is 0.116. The molecule has 5 heteroatoms. The third kappa shape index (κ3) is 3.39. The Labute approximate surface area is 137 Å². The van der Waals surface area contributed by atoms with Crippen LogP contribution in [0.15, 0.2) is 18.2 Å². The summed E-state index contributed by atoms with van der Waals surface area (Å²) >= 11 is 0. The zero-order valence-corrected chi connectivity index (χ0v) is 14.0. The van der Waals surface area contributed by atoms with Crippen LogP contribution in [0.2, 0.25) is 0 Å². The quantitative estimate of drug-likeness (QED) is 0.864. The maximum absolute atomic E-state index is 12.8. The fourth-order valence-corrected chi connectivity index (χ4v) is 3.46. The Bertz CT molecular complexity index is 606. The lowest BCUT2D eigenvalue weighted by Crippen LogP contribution is -2.52. The molecule has 2 aliphatic rings. The molecule has 1 fully saturated rings. The van der Waals surface area contributed by atoms with Crippen LogP contribution in [0.3, 0.4) is 0 Å². The van der Waals surface area contributed by atoms with Gasteiger partial charge in [-0.3, -0.25) is 14.5 Å². The minimum atomic E-state index is -0.140. The number of carbonyl (C=O) groups excluding carboxylic acids is 2. The number of amides is 1. The van der Waals surface area contributed by atoms with Crippen molar-refractivity contribution in [3.63, 3.8) is 0 Å². The van der Waals surface area contributed by atoms with Gasteiger partial charge >= 0.3 is 0 Å². The topological polar surface area (TPSA) is 52.7 Å². The van der Waals surface area contributed by atoms with Crippen LogP contribution >= 0.6 is 0 Å². The summed E-state index contributed by atoms with van der Waals surface area (Å²) in [5.41, 5.74) is 3.21. The van der Waals surface area contributed by atoms with Gasteiger partial charge in [0.15, 0.2) is 5.78 Å². The summed E-state index contributed by atoms with van der Waals surface area (Å²) < 4.78 is 0. The van der Waals surface area contributed by atoms with Crippen LogP contribution in [-0.2, 0) is 11.2 Å². The number of anilines is 1. The normalized spacial score (nSPS) is 19.7. The number of carbonyl (C=O) groups is 2. The summed E-state index contributed by atoms with van der Waals surface area (Å²) in [4.78, 5) is 28.2. The van der Waals surface area contributed by atoms with Gasteiger partial charge in [0.05, 0.1) is 6.04 Å². The zero-order chi connectivity index (χ0) is 16.4. The van der Waals surface area contributed by atoms with Gasteiger partial charge in [-0.1, -0.05) is 0 Å². The van der Waals surface area contributed by atoms with Gasteiger partial charge < -0.3 is 10.2 Å². The van der Waals surface area contributed by atoms with E-state index in [4.69, 9.17) is 0 Å². The smallest absolute Gasteiger partial charge is 0.219 e. The number of ketones is 1. The Kier molecular flexibility index (Phi) is 4.66. The fourth-order valence-electron chi connectivity index (χ4n) is 3.46. The molecule has 1 atom stereocenters. The molecular formula is C18H25N3O2. The van der Waals surface area contributed by atoms with Crippen molar-refractivity contribution in [1.29, 1.82) is 0 Å². The van der Waals surface area contributed by atoms with Crippen molar-refractivity contribution in [1.82, 2.24) is 9.80 Å². The van der Waals surface area contributed by atoms with Crippen molar-refractivity contribution in [2.24, 2.45) is 0 Å². The second-order valence-electron chi connectivity index (χ2n) is 6.48. The third-order valence-electron chi connectivity index (χ3n) is 5.01. The first-order valence-electron chi connectivity index (χ1n) is 8.47. The molecule has 0 saturated carbocycles. The van der Waals surface area contributed by atoms with Crippen LogP contribution in [0.1, 0.15) is 36.2 Å². The molecule has 124 valence electrons. The molecule has 0 radical (unpaired) electrons. The van der Waals surface area contributed by atoms with Gasteiger partial charge in [0, 0.05) is 50.9 Å². The van der Waals surface area contributed by atoms with E-state index in [1.807, 2.05) is 30.0 Å². The van der Waals surface area contributed by atoms with Gasteiger partial charge in [-0.05, 0) is 43.5 Å². The highest BCUT2D eigenvalue weighted by atomic mass is 16.2. The summed E-state index contributed by atoms with van der Waals surface area (Å²) in [5, 5.41) is 3.38. The second kappa shape index (κ2) is 6.71. The first-order valence-corrected chi connectivity index (χ1v) is 8.47. The first-order chi connectivity index (χ1) is 11.1. The number of piperazine rings is 1. The van der Waals surface area contributed by atoms with Crippen molar-refractivity contribution in [3.05, 3.63) is 29.3 Å². The van der Waals surface area contributed by atoms with Crippen molar-refractivity contribution in [2.75, 3.05) is 38.0 Å². The number of Topliss-reactive ketones (excluding diaryl/α,β-unsaturated/α-hetero) is 1. The van der Waals surface area contributed by atoms with E-state index in [0.29, 0.717) is 13.1 Å². The van der Waals surface area contributed by atoms with E-state index >= 15 is 0 Å². The Morgan fingerprint density at radius 2 is 1.91 bits per heavy atom. The van der Waals surface area contributed by atoms with E-state index in [1.54, 1.807) is 6.92 Å². The standard InChI is InChI=1S/C18H25N3O2/c1-13(20-8-10-21(11-9-20)14(2)22)18(23)16-5-6-17-15(12-16)4-3-7-19-17/h5-6,12-13,19H,3-4,7-11H2,1-2H3. The molecule has 1 amide bonds. The van der Waals surface area contributed by atoms with Crippen molar-refractivity contribution in [2.45, 2.75) is 32.7 Å². The molecule has 0 spiro atoms. The maximum Gasteiger partial charge on any atom is 0.219 e. The van der Waals surface area contributed by atoms with E-state index in [2.05, 4.69) is 10.2 Å². The van der Waals surface area contributed by atoms with Crippen LogP contribution in [0.25, 0.3) is 0 Å². The molecular weight excluding hydrogens is 290 g/mol. The van der Waals surface area contributed by atoms with E-state index in [-0.39, 0.29) is 17.7 Å². The summed E-state index contributed by atoms with van der Waals surface area (Å²) in [7, 11) is 0. The van der Waals surface area contributed by atoms with Crippen molar-refractivity contribution < 1.29 is 9.59 Å². The van der Waals surface area contributed by atoms with Gasteiger partial charge in [0.1, 0.15) is 0 Å². The highest BCUT2D eigenvalue weighted by Gasteiger charge is 2.27. The maximum atomic E-state index is 12.8. The van der Waals surface area contributed by atoms with Crippen LogP contribution in [-0.4, -0.2) is 60.3 Å². The van der Waals surface area contributed by atoms with Gasteiger partial charge in [-0.25, -0.2) is 0 Å². The molecule has 2 aliphatic heterocycles. The Balaban J connectivity index is 1.67. The summed E-state index contributed by atoms with van der Waals surface area (Å²) in [6.07, 6.45) is 2.16. The molecule has 5 nitrogen and oxygen atoms in total. The summed E-state index contributed by atoms with van der Waals surface area (Å²) in [5.74, 6) is 0.292. The van der Waals surface area contributed by atoms with Gasteiger partial charge in [-0.15, -0.1) is 0 Å². The Morgan fingerprint density at radius 1 is 1.17 bits per heavy atom. The molecule has 2 heterocycles. The first kappa shape index (κ1) is 16.0. The molecule has 1 N–H and O–H groups in total. The number of rotatable bonds is 3. The largest absolute Gasteiger partial charge is 0.385 e. The zero-order valence-electron chi connectivity index (χ0n) is 14.0. The molecule has 0 bridgehead atoms. The monoisotopic (exact) mass is 315 g/mol. The van der Waals surface area contributed by atoms with E-state index in [0.717, 1.165) is 43.7 Å². The second-order valence-corrected chi connectivity index (χ2v) is 6.48. The average molecular weight is 315 g/mol. The molecule has 23 heavy (non-hydrogen) atoms. The van der Waals surface area contributed by atoms with Gasteiger partial charge in [0.25, 0.3) is 0 Å². The van der Waals surface area contributed by atoms with Crippen LogP contribution in [0, 0.1) is 0 Å². The SMILES string of the molecule is CC(=O)N1CCN(C(C)C(=O)c2ccc3c(c2)CCCN3)CC1. The number of nitrogens with one attached hydrogen (secondary N) is 1. The van der Waals surface area contributed by atoms with E-state index in [1.165, 1.54) is 5.56 Å². The number of nitrogens with zero attached hydrogens (tertiary/aromatic N) is 2. The average Bonchev–Trinajstić information content (AvgIpc) is 2.60. The fraction of sp³-hybridized carbons (Fsp3) is 0.556. The lowest BCUT2D eigenvalue weighted by Gasteiger charge is -2.37. The number of hydrogen-bond acceptors (Lipinski definition) is 4. The number of benzene rings is 1. The van der Waals surface area contributed by atoms with Crippen molar-refractivity contribution >= 4 is 17.4 Å².